The molecule has 1 unspecified atom stereocenters. The van der Waals surface area contributed by atoms with Crippen molar-refractivity contribution in [1.29, 1.82) is 0 Å². The first-order valence-corrected chi connectivity index (χ1v) is 8.06. The van der Waals surface area contributed by atoms with Crippen molar-refractivity contribution >= 4 is 5.91 Å². The molecule has 0 aromatic carbocycles. The van der Waals surface area contributed by atoms with Gasteiger partial charge >= 0.3 is 0 Å². The van der Waals surface area contributed by atoms with Crippen LogP contribution in [0.5, 0.6) is 0 Å². The molecule has 10 atom stereocenters. The van der Waals surface area contributed by atoms with Crippen LogP contribution in [-0.4, -0.2) is 116 Å². The van der Waals surface area contributed by atoms with Gasteiger partial charge in [-0.3, -0.25) is 4.79 Å². The highest BCUT2D eigenvalue weighted by Crippen LogP contribution is 2.28. The number of carbonyl (C=O) groups is 1. The Hall–Kier alpha value is -0.930. The predicted molar refractivity (Wildman–Crippen MR) is 80.2 cm³/mol. The zero-order valence-electron chi connectivity index (χ0n) is 14.0. The fourth-order valence-electron chi connectivity index (χ4n) is 2.97. The minimum absolute atomic E-state index is 0.574. The number of aliphatic hydroxyl groups is 7. The third-order valence-corrected chi connectivity index (χ3v) is 4.38. The van der Waals surface area contributed by atoms with Gasteiger partial charge in [0.1, 0.15) is 48.8 Å². The SMILES string of the molecule is CC(=O)N[C@H]1C(O)O[C@H](CO)[C@@H](O)[C@@H]1O[C@@H]1O[C@H](CO)[C@H](O)[C@H](O)[C@H]1O. The molecule has 2 rings (SSSR count). The number of hydrogen-bond acceptors (Lipinski definition) is 11. The summed E-state index contributed by atoms with van der Waals surface area (Å²) < 4.78 is 15.7. The molecule has 0 aliphatic carbocycles. The van der Waals surface area contributed by atoms with Crippen molar-refractivity contribution in [3.05, 3.63) is 0 Å². The van der Waals surface area contributed by atoms with Crippen molar-refractivity contribution in [2.24, 2.45) is 0 Å². The topological polar surface area (TPSA) is 198 Å². The summed E-state index contributed by atoms with van der Waals surface area (Å²) in [6, 6.07) is -1.28. The molecule has 0 aromatic heterocycles. The van der Waals surface area contributed by atoms with Crippen molar-refractivity contribution in [1.82, 2.24) is 5.32 Å². The lowest BCUT2D eigenvalue weighted by Crippen LogP contribution is -2.67. The molecule has 1 amide bonds. The summed E-state index contributed by atoms with van der Waals surface area (Å²) in [6.45, 7) is -0.195. The Kier molecular flexibility index (Phi) is 7.27. The summed E-state index contributed by atoms with van der Waals surface area (Å²) >= 11 is 0. The van der Waals surface area contributed by atoms with Gasteiger partial charge in [0, 0.05) is 6.92 Å². The molecule has 8 N–H and O–H groups in total. The standard InChI is InChI=1S/C14H25NO11/c1-4(18)15-7-12(9(20)6(3-17)24-13(7)23)26-14-11(22)10(21)8(19)5(2-16)25-14/h5-14,16-17,19-23H,2-3H2,1H3,(H,15,18)/t5-,6-,7-,8+,9-,10+,11-,12-,13?,14+/m1/s1. The van der Waals surface area contributed by atoms with Crippen molar-refractivity contribution in [3.8, 4) is 0 Å². The molecule has 2 heterocycles. The highest BCUT2D eigenvalue weighted by Gasteiger charge is 2.50. The Labute approximate surface area is 148 Å². The van der Waals surface area contributed by atoms with E-state index >= 15 is 0 Å². The largest absolute Gasteiger partial charge is 0.394 e. The van der Waals surface area contributed by atoms with Crippen LogP contribution in [0, 0.1) is 0 Å². The fraction of sp³-hybridized carbons (Fsp3) is 0.929. The number of rotatable bonds is 5. The molecular formula is C14H25NO11. The zero-order chi connectivity index (χ0) is 19.6. The number of amides is 1. The summed E-state index contributed by atoms with van der Waals surface area (Å²) in [5, 5.41) is 70.7. The van der Waals surface area contributed by atoms with Gasteiger partial charge in [0.2, 0.25) is 5.91 Å². The number of carbonyl (C=O) groups excluding carboxylic acids is 1. The van der Waals surface area contributed by atoms with Gasteiger partial charge < -0.3 is 55.3 Å². The number of ether oxygens (including phenoxy) is 3. The summed E-state index contributed by atoms with van der Waals surface area (Å²) in [7, 11) is 0. The highest BCUT2D eigenvalue weighted by atomic mass is 16.7. The van der Waals surface area contributed by atoms with Gasteiger partial charge in [-0.05, 0) is 0 Å². The van der Waals surface area contributed by atoms with Gasteiger partial charge in [0.05, 0.1) is 13.2 Å². The third kappa shape index (κ3) is 4.31. The number of hydrogen-bond donors (Lipinski definition) is 8. The van der Waals surface area contributed by atoms with Crippen molar-refractivity contribution < 1.29 is 54.8 Å². The number of nitrogens with one attached hydrogen (secondary N) is 1. The maximum absolute atomic E-state index is 11.4. The Bertz CT molecular complexity index is 478. The lowest BCUT2D eigenvalue weighted by molar-refractivity contribution is -0.341. The van der Waals surface area contributed by atoms with Crippen LogP contribution >= 0.6 is 0 Å². The molecule has 12 heteroatoms. The first-order valence-electron chi connectivity index (χ1n) is 8.06. The van der Waals surface area contributed by atoms with Gasteiger partial charge in [0.15, 0.2) is 12.6 Å². The lowest BCUT2D eigenvalue weighted by Gasteiger charge is -2.46. The molecule has 0 aromatic rings. The minimum atomic E-state index is -1.74. The summed E-state index contributed by atoms with van der Waals surface area (Å²) in [4.78, 5) is 11.4. The average molecular weight is 383 g/mol. The zero-order valence-corrected chi connectivity index (χ0v) is 14.0. The van der Waals surface area contributed by atoms with E-state index in [1.54, 1.807) is 0 Å². The third-order valence-electron chi connectivity index (χ3n) is 4.38. The van der Waals surface area contributed by atoms with Crippen LogP contribution in [0.15, 0.2) is 0 Å². The van der Waals surface area contributed by atoms with Gasteiger partial charge in [-0.2, -0.15) is 0 Å². The normalized spacial score (nSPS) is 46.8. The van der Waals surface area contributed by atoms with Crippen LogP contribution in [-0.2, 0) is 19.0 Å². The van der Waals surface area contributed by atoms with Gasteiger partial charge in [-0.1, -0.05) is 0 Å². The minimum Gasteiger partial charge on any atom is -0.394 e. The summed E-state index contributed by atoms with van der Waals surface area (Å²) in [6.07, 6.45) is -13.7. The average Bonchev–Trinajstić information content (AvgIpc) is 2.60. The van der Waals surface area contributed by atoms with Crippen LogP contribution in [0.4, 0.5) is 0 Å². The molecule has 2 fully saturated rings. The first-order chi connectivity index (χ1) is 12.2. The molecule has 2 aliphatic rings. The van der Waals surface area contributed by atoms with E-state index in [2.05, 4.69) is 5.32 Å². The summed E-state index contributed by atoms with van der Waals surface area (Å²) in [5.41, 5.74) is 0. The van der Waals surface area contributed by atoms with Crippen LogP contribution in [0.2, 0.25) is 0 Å². The van der Waals surface area contributed by atoms with Crippen LogP contribution in [0.1, 0.15) is 6.92 Å². The van der Waals surface area contributed by atoms with Crippen molar-refractivity contribution in [2.45, 2.75) is 68.3 Å². The van der Waals surface area contributed by atoms with E-state index in [9.17, 15) is 40.5 Å². The molecule has 26 heavy (non-hydrogen) atoms. The molecule has 152 valence electrons. The molecule has 0 spiro atoms. The smallest absolute Gasteiger partial charge is 0.217 e. The van der Waals surface area contributed by atoms with Crippen LogP contribution in [0.25, 0.3) is 0 Å². The molecule has 0 saturated carbocycles. The monoisotopic (exact) mass is 383 g/mol. The fourth-order valence-corrected chi connectivity index (χ4v) is 2.97. The van der Waals surface area contributed by atoms with Crippen LogP contribution in [0.3, 0.4) is 0 Å². The lowest BCUT2D eigenvalue weighted by atomic mass is 9.95. The van der Waals surface area contributed by atoms with Gasteiger partial charge in [-0.25, -0.2) is 0 Å². The maximum atomic E-state index is 11.4. The first kappa shape index (κ1) is 21.4. The Morgan fingerprint density at radius 3 is 2.04 bits per heavy atom. The molecule has 0 bridgehead atoms. The van der Waals surface area contributed by atoms with Gasteiger partial charge in [0.25, 0.3) is 0 Å². The van der Waals surface area contributed by atoms with Crippen LogP contribution < -0.4 is 5.32 Å². The van der Waals surface area contributed by atoms with E-state index in [4.69, 9.17) is 14.2 Å². The molecule has 0 radical (unpaired) electrons. The van der Waals surface area contributed by atoms with E-state index < -0.39 is 80.5 Å². The second-order valence-corrected chi connectivity index (χ2v) is 6.26. The Morgan fingerprint density at radius 2 is 1.50 bits per heavy atom. The van der Waals surface area contributed by atoms with E-state index in [-0.39, 0.29) is 0 Å². The molecular weight excluding hydrogens is 358 g/mol. The molecule has 2 aliphatic heterocycles. The Morgan fingerprint density at radius 1 is 0.923 bits per heavy atom. The second-order valence-electron chi connectivity index (χ2n) is 6.26. The highest BCUT2D eigenvalue weighted by molar-refractivity contribution is 5.73. The van der Waals surface area contributed by atoms with E-state index in [0.29, 0.717) is 0 Å². The molecule has 12 nitrogen and oxygen atoms in total. The number of aliphatic hydroxyl groups excluding tert-OH is 7. The van der Waals surface area contributed by atoms with E-state index in [1.165, 1.54) is 0 Å². The van der Waals surface area contributed by atoms with E-state index in [0.717, 1.165) is 6.92 Å². The Balaban J connectivity index is 2.21. The maximum Gasteiger partial charge on any atom is 0.217 e. The van der Waals surface area contributed by atoms with Crippen molar-refractivity contribution in [3.63, 3.8) is 0 Å². The second kappa shape index (κ2) is 8.84. The van der Waals surface area contributed by atoms with Gasteiger partial charge in [-0.15, -0.1) is 0 Å². The quantitative estimate of drug-likeness (QED) is 0.226. The van der Waals surface area contributed by atoms with E-state index in [1.807, 2.05) is 0 Å². The predicted octanol–water partition coefficient (Wildman–Crippen LogP) is -5.25. The summed E-state index contributed by atoms with van der Waals surface area (Å²) in [5.74, 6) is -0.574. The van der Waals surface area contributed by atoms with Crippen molar-refractivity contribution in [2.75, 3.05) is 13.2 Å². The molecule has 2 saturated heterocycles.